The second-order valence-electron chi connectivity index (χ2n) is 5.67. The summed E-state index contributed by atoms with van der Waals surface area (Å²) in [5.41, 5.74) is 1.71. The topological polar surface area (TPSA) is 76.9 Å². The van der Waals surface area contributed by atoms with Crippen molar-refractivity contribution in [2.45, 2.75) is 33.7 Å². The molecule has 1 amide bonds. The lowest BCUT2D eigenvalue weighted by Crippen LogP contribution is -2.23. The van der Waals surface area contributed by atoms with Crippen LogP contribution in [0.5, 0.6) is 0 Å². The van der Waals surface area contributed by atoms with Gasteiger partial charge in [0, 0.05) is 23.5 Å². The number of hydrogen-bond acceptors (Lipinski definition) is 5. The first-order valence-electron chi connectivity index (χ1n) is 7.64. The standard InChI is InChI=1S/C17H18N4O2S/c1-10-5-4-6-13(19-10)20-14(22)7-8-21-9-18-16-15(17(21)23)11(2)12(3)24-16/h4-6,9H,7-8H2,1-3H3,(H,19,20,22). The lowest BCUT2D eigenvalue weighted by molar-refractivity contribution is -0.116. The van der Waals surface area contributed by atoms with Crippen LogP contribution in [0.15, 0.2) is 29.3 Å². The summed E-state index contributed by atoms with van der Waals surface area (Å²) >= 11 is 1.52. The Bertz CT molecular complexity index is 974. The molecule has 0 saturated carbocycles. The molecule has 0 bridgehead atoms. The molecule has 0 aliphatic heterocycles. The van der Waals surface area contributed by atoms with Crippen molar-refractivity contribution in [3.8, 4) is 0 Å². The van der Waals surface area contributed by atoms with Crippen LogP contribution in [0.25, 0.3) is 10.2 Å². The first-order chi connectivity index (χ1) is 11.5. The first-order valence-corrected chi connectivity index (χ1v) is 8.46. The number of hydrogen-bond donors (Lipinski definition) is 1. The highest BCUT2D eigenvalue weighted by Crippen LogP contribution is 2.25. The Morgan fingerprint density at radius 1 is 1.29 bits per heavy atom. The number of anilines is 1. The fourth-order valence-electron chi connectivity index (χ4n) is 2.47. The smallest absolute Gasteiger partial charge is 0.262 e. The van der Waals surface area contributed by atoms with Crippen molar-refractivity contribution in [3.05, 3.63) is 51.0 Å². The van der Waals surface area contributed by atoms with Gasteiger partial charge in [0.15, 0.2) is 0 Å². The number of fused-ring (bicyclic) bond motifs is 1. The number of aromatic nitrogens is 3. The Morgan fingerprint density at radius 2 is 2.08 bits per heavy atom. The quantitative estimate of drug-likeness (QED) is 0.791. The number of rotatable bonds is 4. The Kier molecular flexibility index (Phi) is 4.44. The average molecular weight is 342 g/mol. The molecule has 0 aromatic carbocycles. The van der Waals surface area contributed by atoms with Gasteiger partial charge >= 0.3 is 0 Å². The summed E-state index contributed by atoms with van der Waals surface area (Å²) in [4.78, 5) is 35.0. The molecule has 0 atom stereocenters. The zero-order valence-corrected chi connectivity index (χ0v) is 14.6. The molecule has 24 heavy (non-hydrogen) atoms. The fourth-order valence-corrected chi connectivity index (χ4v) is 3.46. The maximum absolute atomic E-state index is 12.6. The van der Waals surface area contributed by atoms with Gasteiger partial charge in [-0.2, -0.15) is 0 Å². The number of pyridine rings is 1. The van der Waals surface area contributed by atoms with Gasteiger partial charge in [-0.1, -0.05) is 6.07 Å². The predicted molar refractivity (Wildman–Crippen MR) is 95.6 cm³/mol. The predicted octanol–water partition coefficient (Wildman–Crippen LogP) is 2.81. The summed E-state index contributed by atoms with van der Waals surface area (Å²) in [6.07, 6.45) is 1.70. The van der Waals surface area contributed by atoms with Crippen molar-refractivity contribution in [3.63, 3.8) is 0 Å². The molecule has 3 aromatic heterocycles. The largest absolute Gasteiger partial charge is 0.311 e. The molecule has 3 aromatic rings. The minimum atomic E-state index is -0.182. The van der Waals surface area contributed by atoms with Crippen LogP contribution >= 0.6 is 11.3 Å². The Labute approximate surface area is 143 Å². The van der Waals surface area contributed by atoms with Crippen molar-refractivity contribution in [2.75, 3.05) is 5.32 Å². The van der Waals surface area contributed by atoms with Crippen LogP contribution in [0.3, 0.4) is 0 Å². The van der Waals surface area contributed by atoms with Gasteiger partial charge in [0.25, 0.3) is 5.56 Å². The summed E-state index contributed by atoms with van der Waals surface area (Å²) in [6.45, 7) is 6.06. The molecule has 0 unspecified atom stereocenters. The van der Waals surface area contributed by atoms with E-state index >= 15 is 0 Å². The van der Waals surface area contributed by atoms with E-state index in [9.17, 15) is 9.59 Å². The highest BCUT2D eigenvalue weighted by atomic mass is 32.1. The third kappa shape index (κ3) is 3.21. The second-order valence-corrected chi connectivity index (χ2v) is 6.87. The van der Waals surface area contributed by atoms with E-state index in [1.807, 2.05) is 32.9 Å². The van der Waals surface area contributed by atoms with Crippen molar-refractivity contribution >= 4 is 33.3 Å². The Hall–Kier alpha value is -2.54. The number of thiophene rings is 1. The van der Waals surface area contributed by atoms with E-state index < -0.39 is 0 Å². The molecular formula is C17H18N4O2S. The van der Waals surface area contributed by atoms with E-state index in [4.69, 9.17) is 0 Å². The highest BCUT2D eigenvalue weighted by Gasteiger charge is 2.12. The van der Waals surface area contributed by atoms with Crippen molar-refractivity contribution < 1.29 is 4.79 Å². The van der Waals surface area contributed by atoms with Crippen LogP contribution in [0.1, 0.15) is 22.6 Å². The molecule has 6 nitrogen and oxygen atoms in total. The molecule has 0 spiro atoms. The SMILES string of the molecule is Cc1cccc(NC(=O)CCn2cnc3sc(C)c(C)c3c2=O)n1. The van der Waals surface area contributed by atoms with Gasteiger partial charge in [0.1, 0.15) is 10.6 Å². The van der Waals surface area contributed by atoms with Gasteiger partial charge in [-0.05, 0) is 38.5 Å². The third-order valence-corrected chi connectivity index (χ3v) is 5.01. The number of carbonyl (C=O) groups is 1. The third-order valence-electron chi connectivity index (χ3n) is 3.89. The van der Waals surface area contributed by atoms with Crippen LogP contribution in [0.4, 0.5) is 5.82 Å². The molecule has 0 fully saturated rings. The summed E-state index contributed by atoms with van der Waals surface area (Å²) in [5.74, 6) is 0.337. The molecule has 124 valence electrons. The minimum absolute atomic E-state index is 0.0941. The molecule has 0 aliphatic carbocycles. The summed E-state index contributed by atoms with van der Waals surface area (Å²) < 4.78 is 1.49. The minimum Gasteiger partial charge on any atom is -0.311 e. The van der Waals surface area contributed by atoms with E-state index in [1.54, 1.807) is 6.07 Å². The monoisotopic (exact) mass is 342 g/mol. The lowest BCUT2D eigenvalue weighted by Gasteiger charge is -2.07. The zero-order valence-electron chi connectivity index (χ0n) is 13.8. The summed E-state index contributed by atoms with van der Waals surface area (Å²) in [5, 5.41) is 3.39. The van der Waals surface area contributed by atoms with E-state index in [2.05, 4.69) is 15.3 Å². The van der Waals surface area contributed by atoms with Gasteiger partial charge in [-0.25, -0.2) is 9.97 Å². The van der Waals surface area contributed by atoms with E-state index in [0.29, 0.717) is 11.2 Å². The van der Waals surface area contributed by atoms with Gasteiger partial charge in [-0.3, -0.25) is 14.2 Å². The van der Waals surface area contributed by atoms with Gasteiger partial charge in [-0.15, -0.1) is 11.3 Å². The van der Waals surface area contributed by atoms with E-state index in [1.165, 1.54) is 22.2 Å². The van der Waals surface area contributed by atoms with Gasteiger partial charge in [0.05, 0.1) is 11.7 Å². The van der Waals surface area contributed by atoms with Crippen LogP contribution in [-0.2, 0) is 11.3 Å². The van der Waals surface area contributed by atoms with Gasteiger partial charge < -0.3 is 5.32 Å². The molecule has 7 heteroatoms. The number of amides is 1. The first kappa shape index (κ1) is 16.3. The Balaban J connectivity index is 1.74. The van der Waals surface area contributed by atoms with Crippen LogP contribution in [0, 0.1) is 20.8 Å². The van der Waals surface area contributed by atoms with E-state index in [0.717, 1.165) is 21.0 Å². The summed E-state index contributed by atoms with van der Waals surface area (Å²) in [6, 6.07) is 5.44. The fraction of sp³-hybridized carbons (Fsp3) is 0.294. The maximum atomic E-state index is 12.6. The van der Waals surface area contributed by atoms with Crippen LogP contribution in [0.2, 0.25) is 0 Å². The highest BCUT2D eigenvalue weighted by molar-refractivity contribution is 7.18. The van der Waals surface area contributed by atoms with Crippen molar-refractivity contribution in [2.24, 2.45) is 0 Å². The average Bonchev–Trinajstić information content (AvgIpc) is 2.82. The zero-order chi connectivity index (χ0) is 17.3. The molecular weight excluding hydrogens is 324 g/mol. The number of nitrogens with zero attached hydrogens (tertiary/aromatic N) is 3. The Morgan fingerprint density at radius 3 is 2.83 bits per heavy atom. The summed E-state index contributed by atoms with van der Waals surface area (Å²) in [7, 11) is 0. The van der Waals surface area contributed by atoms with Crippen molar-refractivity contribution in [1.29, 1.82) is 0 Å². The van der Waals surface area contributed by atoms with Crippen molar-refractivity contribution in [1.82, 2.24) is 14.5 Å². The number of nitrogens with one attached hydrogen (secondary N) is 1. The molecule has 0 radical (unpaired) electrons. The number of carbonyl (C=O) groups excluding carboxylic acids is 1. The normalized spacial score (nSPS) is 11.0. The van der Waals surface area contributed by atoms with Crippen LogP contribution in [-0.4, -0.2) is 20.4 Å². The van der Waals surface area contributed by atoms with Crippen LogP contribution < -0.4 is 10.9 Å². The van der Waals surface area contributed by atoms with E-state index in [-0.39, 0.29) is 24.4 Å². The van der Waals surface area contributed by atoms with Gasteiger partial charge in [0.2, 0.25) is 5.91 Å². The molecule has 3 heterocycles. The molecule has 0 aliphatic rings. The second kappa shape index (κ2) is 6.52. The maximum Gasteiger partial charge on any atom is 0.262 e. The molecule has 3 rings (SSSR count). The molecule has 0 saturated heterocycles. The molecule has 1 N–H and O–H groups in total. The number of aryl methyl sites for hydroxylation is 4. The lowest BCUT2D eigenvalue weighted by atomic mass is 10.2.